The van der Waals surface area contributed by atoms with Crippen molar-refractivity contribution in [2.45, 2.75) is 168 Å². The molecule has 20 nitrogen and oxygen atoms in total. The molecule has 102 heavy (non-hydrogen) atoms. The van der Waals surface area contributed by atoms with Gasteiger partial charge in [0, 0.05) is 105 Å². The van der Waals surface area contributed by atoms with Crippen LogP contribution in [0, 0.1) is 11.6 Å². The molecule has 2 aliphatic rings. The van der Waals surface area contributed by atoms with Gasteiger partial charge in [0.2, 0.25) is 11.1 Å². The number of hydrogen-bond donors (Lipinski definition) is 8. The Labute approximate surface area is 588 Å². The number of carbonyl (C=O) groups excluding carboxylic acids is 4. The minimum Gasteiger partial charge on any atom is -0.478 e. The Morgan fingerprint density at radius 3 is 1.30 bits per heavy atom. The van der Waals surface area contributed by atoms with Gasteiger partial charge in [0.1, 0.15) is 17.2 Å². The summed E-state index contributed by atoms with van der Waals surface area (Å²) in [7, 11) is 3.99. The van der Waals surface area contributed by atoms with E-state index in [0.29, 0.717) is 87.4 Å². The van der Waals surface area contributed by atoms with Gasteiger partial charge in [-0.15, -0.1) is 0 Å². The number of hydrogen-bond acceptors (Lipinski definition) is 14. The number of ether oxygens (including phenoxy) is 1. The van der Waals surface area contributed by atoms with E-state index in [9.17, 15) is 64.3 Å². The third-order valence-electron chi connectivity index (χ3n) is 17.9. The molecule has 0 spiro atoms. The highest BCUT2D eigenvalue weighted by atomic mass is 19.4. The summed E-state index contributed by atoms with van der Waals surface area (Å²) in [6, 6.07) is 18.4. The lowest BCUT2D eigenvalue weighted by molar-refractivity contribution is -0.138. The van der Waals surface area contributed by atoms with Crippen LogP contribution in [-0.2, 0) is 17.1 Å². The van der Waals surface area contributed by atoms with Crippen LogP contribution in [0.1, 0.15) is 178 Å². The second-order valence-corrected chi connectivity index (χ2v) is 26.9. The Morgan fingerprint density at radius 2 is 0.922 bits per heavy atom. The van der Waals surface area contributed by atoms with Crippen molar-refractivity contribution >= 4 is 52.4 Å². The smallest absolute Gasteiger partial charge is 0.417 e. The van der Waals surface area contributed by atoms with E-state index < -0.39 is 80.7 Å². The number of aromatic nitrogens is 2. The number of aromatic amines is 2. The standard InChI is InChI=1S/C35H43F4N5O3.C27H26F4N4O4.C12H26N2O2/c1-22-20-44(21-23(2)43(22)3)31-14-12-24(17-30(31)42-34(47)27-19-41-33(46)18-28(27)35(37,38)39)26-13-11-25(16-29(26)36)32(45)10-8-6-4-5-7-9-15-40;1-14-12-35(13-15(2)34(14)3)23-7-5-16(18-6-4-17(26(38)39)8-21(18)28)9-22(23)33-25(37)19-11-32-24(36)10-20(19)27(29,30)31;1-12(2,3)16-11(15)14-10-8-6-4-5-7-9-13/h11-14,16-19,22-23H,4-10,15,20-21,40H2,1-3H3,(H,41,46)(H,42,47);4-11,14-15H,12-13H2,1-3H3,(H,32,36)(H,33,37)(H,38,39);4-10,13H2,1-3H3,(H,14,15)/t22-,23+;14-,15+;. The number of likely N-dealkylation sites (N-methyl/N-ethyl adjacent to an activating group) is 2. The topological polar surface area (TPSA) is 282 Å². The number of H-pyrrole nitrogens is 2. The summed E-state index contributed by atoms with van der Waals surface area (Å²) in [5.41, 5.74) is 6.45. The molecule has 0 radical (unpaired) electrons. The SMILES string of the molecule is CC(C)(C)OC(=O)NCCCCCCCN.C[C@@H]1CN(c2ccc(-c3ccc(C(=O)CCCCCCCCN)cc3F)cc2NC(=O)c2c[nH]c(=O)cc2C(F)(F)F)C[C@H](C)N1C.C[C@@H]1CN(c2ccc(-c3ccc(C(=O)O)cc3F)cc2NC(=O)c2c[nH]c(=O)cc2C(F)(F)F)C[C@H](C)N1C. The molecule has 4 heterocycles. The third kappa shape index (κ3) is 23.8. The largest absolute Gasteiger partial charge is 0.478 e. The van der Waals surface area contributed by atoms with E-state index in [2.05, 4.69) is 35.7 Å². The number of rotatable bonds is 25. The van der Waals surface area contributed by atoms with Crippen molar-refractivity contribution in [2.24, 2.45) is 11.5 Å². The van der Waals surface area contributed by atoms with Gasteiger partial charge < -0.3 is 57.0 Å². The predicted octanol–water partition coefficient (Wildman–Crippen LogP) is 14.0. The second-order valence-electron chi connectivity index (χ2n) is 26.9. The van der Waals surface area contributed by atoms with Crippen LogP contribution in [0.3, 0.4) is 0 Å². The molecule has 0 aliphatic carbocycles. The number of carboxylic acid groups (broad SMARTS) is 1. The summed E-state index contributed by atoms with van der Waals surface area (Å²) >= 11 is 0. The van der Waals surface area contributed by atoms with E-state index in [1.54, 1.807) is 30.3 Å². The van der Waals surface area contributed by atoms with Crippen LogP contribution in [0.2, 0.25) is 0 Å². The third-order valence-corrected chi connectivity index (χ3v) is 17.9. The maximum Gasteiger partial charge on any atom is 0.417 e. The number of halogens is 8. The number of nitrogens with two attached hydrogens (primary N) is 2. The maximum atomic E-state index is 15.5. The Bertz CT molecular complexity index is 3950. The number of alkyl halides is 6. The van der Waals surface area contributed by atoms with E-state index >= 15 is 4.39 Å². The van der Waals surface area contributed by atoms with Gasteiger partial charge in [-0.2, -0.15) is 26.3 Å². The minimum absolute atomic E-state index is 0.0437. The number of anilines is 4. The molecule has 28 heteroatoms. The predicted molar refractivity (Wildman–Crippen MR) is 381 cm³/mol. The molecule has 2 aromatic heterocycles. The molecule has 8 rings (SSSR count). The Kier molecular flexibility index (Phi) is 29.9. The number of alkyl carbamates (subject to hydrolysis) is 1. The first-order valence-electron chi connectivity index (χ1n) is 34.2. The summed E-state index contributed by atoms with van der Waals surface area (Å²) in [5.74, 6) is -5.10. The maximum absolute atomic E-state index is 15.5. The highest BCUT2D eigenvalue weighted by Crippen LogP contribution is 2.39. The lowest BCUT2D eigenvalue weighted by Gasteiger charge is -2.44. The Balaban J connectivity index is 0.000000268. The van der Waals surface area contributed by atoms with Crippen LogP contribution < -0.4 is 48.3 Å². The normalized spacial score (nSPS) is 16.6. The second kappa shape index (κ2) is 37.3. The number of piperazine rings is 2. The molecule has 0 saturated carbocycles. The number of amides is 3. The molecule has 0 bridgehead atoms. The first-order valence-corrected chi connectivity index (χ1v) is 34.2. The van der Waals surface area contributed by atoms with Crippen molar-refractivity contribution in [1.29, 1.82) is 0 Å². The number of benzene rings is 4. The minimum atomic E-state index is -4.96. The van der Waals surface area contributed by atoms with Gasteiger partial charge in [-0.3, -0.25) is 33.8 Å². The molecular weight excluding hydrogens is 1340 g/mol. The summed E-state index contributed by atoms with van der Waals surface area (Å²) in [4.78, 5) is 97.6. The van der Waals surface area contributed by atoms with E-state index in [4.69, 9.17) is 21.3 Å². The van der Waals surface area contributed by atoms with Gasteiger partial charge in [0.25, 0.3) is 11.8 Å². The van der Waals surface area contributed by atoms with Gasteiger partial charge in [-0.05, 0) is 155 Å². The number of pyridine rings is 2. The zero-order valence-corrected chi connectivity index (χ0v) is 59.2. The molecule has 556 valence electrons. The number of Topliss-reactive ketones (excluding diaryl/α,β-unsaturated/α-hetero) is 1. The van der Waals surface area contributed by atoms with Crippen molar-refractivity contribution in [3.05, 3.63) is 163 Å². The van der Waals surface area contributed by atoms with Crippen LogP contribution in [0.4, 0.5) is 62.7 Å². The van der Waals surface area contributed by atoms with Crippen LogP contribution in [-0.4, -0.2) is 144 Å². The lowest BCUT2D eigenvalue weighted by Crippen LogP contribution is -2.55. The van der Waals surface area contributed by atoms with Gasteiger partial charge in [0.05, 0.1) is 50.6 Å². The molecule has 2 aliphatic heterocycles. The van der Waals surface area contributed by atoms with Crippen LogP contribution in [0.25, 0.3) is 22.3 Å². The van der Waals surface area contributed by atoms with Crippen molar-refractivity contribution in [1.82, 2.24) is 25.1 Å². The van der Waals surface area contributed by atoms with Crippen molar-refractivity contribution in [3.63, 3.8) is 0 Å². The van der Waals surface area contributed by atoms with Gasteiger partial charge >= 0.3 is 24.4 Å². The molecular formula is C74H95F8N11O9. The monoisotopic (exact) mass is 1430 g/mol. The zero-order chi connectivity index (χ0) is 75.4. The van der Waals surface area contributed by atoms with E-state index in [0.717, 1.165) is 70.2 Å². The molecule has 2 fully saturated rings. The molecule has 4 atom stereocenters. The fourth-order valence-corrected chi connectivity index (χ4v) is 11.9. The van der Waals surface area contributed by atoms with Crippen molar-refractivity contribution in [2.75, 3.05) is 80.3 Å². The highest BCUT2D eigenvalue weighted by molar-refractivity contribution is 6.08. The number of nitrogens with one attached hydrogen (secondary N) is 5. The van der Waals surface area contributed by atoms with Crippen LogP contribution in [0.5, 0.6) is 0 Å². The average Bonchev–Trinajstić information content (AvgIpc) is 0.787. The van der Waals surface area contributed by atoms with Gasteiger partial charge in [-0.1, -0.05) is 75.3 Å². The van der Waals surface area contributed by atoms with Crippen molar-refractivity contribution in [3.8, 4) is 22.3 Å². The summed E-state index contributed by atoms with van der Waals surface area (Å²) in [5, 5.41) is 17.0. The fourth-order valence-electron chi connectivity index (χ4n) is 11.9. The van der Waals surface area contributed by atoms with Gasteiger partial charge in [-0.25, -0.2) is 18.4 Å². The highest BCUT2D eigenvalue weighted by Gasteiger charge is 2.38. The molecule has 4 aromatic carbocycles. The van der Waals surface area contributed by atoms with Crippen molar-refractivity contribution < 1.29 is 68.9 Å². The number of aromatic carboxylic acids is 1. The lowest BCUT2D eigenvalue weighted by atomic mass is 9.98. The molecule has 6 aromatic rings. The number of unbranched alkanes of at least 4 members (excludes halogenated alkanes) is 9. The first-order chi connectivity index (χ1) is 48.0. The van der Waals surface area contributed by atoms with Gasteiger partial charge in [0.15, 0.2) is 5.78 Å². The van der Waals surface area contributed by atoms with E-state index in [1.807, 2.05) is 72.4 Å². The molecule has 2 saturated heterocycles. The number of carbonyl (C=O) groups is 5. The van der Waals surface area contributed by atoms with Crippen LogP contribution >= 0.6 is 0 Å². The molecule has 3 amide bonds. The fraction of sp³-hybridized carbons (Fsp3) is 0.473. The van der Waals surface area contributed by atoms with E-state index in [-0.39, 0.29) is 75.2 Å². The summed E-state index contributed by atoms with van der Waals surface area (Å²) in [6.07, 6.45) is 2.90. The number of nitrogens with zero attached hydrogens (tertiary/aromatic N) is 4. The number of carboxylic acids is 1. The summed E-state index contributed by atoms with van der Waals surface area (Å²) < 4.78 is 118. The first kappa shape index (κ1) is 82.0. The molecule has 10 N–H and O–H groups in total. The Hall–Kier alpha value is -8.99. The van der Waals surface area contributed by atoms with E-state index in [1.165, 1.54) is 49.2 Å². The van der Waals surface area contributed by atoms with Crippen LogP contribution in [0.15, 0.2) is 107 Å². The quantitative estimate of drug-likeness (QED) is 0.0150. The molecule has 0 unspecified atom stereocenters. The summed E-state index contributed by atoms with van der Waals surface area (Å²) in [6.45, 7) is 18.1. The average molecular weight is 1430 g/mol. The Morgan fingerprint density at radius 1 is 0.539 bits per heavy atom. The number of ketones is 1. The zero-order valence-electron chi connectivity index (χ0n) is 59.2.